The zero-order chi connectivity index (χ0) is 23.5. The second-order valence-electron chi connectivity index (χ2n) is 7.53. The average molecular weight is 465 g/mol. The molecule has 0 radical (unpaired) electrons. The second-order valence-corrected chi connectivity index (χ2v) is 7.97. The van der Waals surface area contributed by atoms with E-state index in [1.54, 1.807) is 60.6 Å². The summed E-state index contributed by atoms with van der Waals surface area (Å²) in [7, 11) is 3.30. The van der Waals surface area contributed by atoms with Crippen molar-refractivity contribution in [1.82, 2.24) is 5.01 Å². The lowest BCUT2D eigenvalue weighted by Crippen LogP contribution is -2.15. The van der Waals surface area contributed by atoms with Crippen molar-refractivity contribution in [2.24, 2.45) is 5.10 Å². The normalized spacial score (nSPS) is 15.2. The molecule has 1 aliphatic rings. The van der Waals surface area contributed by atoms with Crippen molar-refractivity contribution in [2.75, 3.05) is 19.5 Å². The van der Waals surface area contributed by atoms with Gasteiger partial charge in [-0.15, -0.1) is 0 Å². The van der Waals surface area contributed by atoms with Crippen LogP contribution in [0, 0.1) is 10.1 Å². The lowest BCUT2D eigenvalue weighted by atomic mass is 9.97. The van der Waals surface area contributed by atoms with Crippen molar-refractivity contribution in [1.29, 1.82) is 0 Å². The predicted octanol–water partition coefficient (Wildman–Crippen LogP) is 5.29. The Labute approximate surface area is 195 Å². The maximum Gasteiger partial charge on any atom is 0.274 e. The number of halogens is 1. The molecule has 1 heterocycles. The van der Waals surface area contributed by atoms with E-state index in [-0.39, 0.29) is 22.6 Å². The van der Waals surface area contributed by atoms with Gasteiger partial charge in [0.15, 0.2) is 0 Å². The lowest BCUT2D eigenvalue weighted by Gasteiger charge is -2.18. The Morgan fingerprint density at radius 1 is 1.18 bits per heavy atom. The average Bonchev–Trinajstić information content (AvgIpc) is 3.20. The third-order valence-electron chi connectivity index (χ3n) is 5.49. The summed E-state index contributed by atoms with van der Waals surface area (Å²) >= 11 is 6.02. The predicted molar refractivity (Wildman–Crippen MR) is 127 cm³/mol. The zero-order valence-corrected chi connectivity index (χ0v) is 18.7. The molecular weight excluding hydrogens is 444 g/mol. The van der Waals surface area contributed by atoms with Gasteiger partial charge in [-0.3, -0.25) is 19.9 Å². The Kier molecular flexibility index (Phi) is 6.28. The van der Waals surface area contributed by atoms with E-state index in [0.29, 0.717) is 34.0 Å². The molecule has 168 valence electrons. The molecule has 1 aliphatic heterocycles. The van der Waals surface area contributed by atoms with Crippen molar-refractivity contribution in [3.05, 3.63) is 98.6 Å². The molecule has 3 aromatic carbocycles. The largest absolute Gasteiger partial charge is 0.496 e. The van der Waals surface area contributed by atoms with Crippen molar-refractivity contribution in [3.8, 4) is 5.75 Å². The van der Waals surface area contributed by atoms with Crippen LogP contribution >= 0.6 is 11.6 Å². The number of para-hydroxylation sites is 1. The summed E-state index contributed by atoms with van der Waals surface area (Å²) in [5.41, 5.74) is 3.34. The fraction of sp³-hybridized carbons (Fsp3) is 0.167. The van der Waals surface area contributed by atoms with Crippen LogP contribution in [-0.4, -0.2) is 35.7 Å². The number of methoxy groups -OCH3 is 1. The number of nitrogens with zero attached hydrogens (tertiary/aromatic N) is 3. The van der Waals surface area contributed by atoms with Crippen molar-refractivity contribution < 1.29 is 14.5 Å². The summed E-state index contributed by atoms with van der Waals surface area (Å²) in [6.07, 6.45) is 0.534. The van der Waals surface area contributed by atoms with Crippen LogP contribution in [-0.2, 0) is 0 Å². The maximum atomic E-state index is 12.7. The van der Waals surface area contributed by atoms with Crippen LogP contribution < -0.4 is 10.1 Å². The lowest BCUT2D eigenvalue weighted by molar-refractivity contribution is -0.385. The smallest absolute Gasteiger partial charge is 0.274 e. The number of carbonyl (C=O) groups is 1. The number of nitrogens with one attached hydrogen (secondary N) is 1. The van der Waals surface area contributed by atoms with Gasteiger partial charge >= 0.3 is 0 Å². The standard InChI is InChI=1S/C24H21ClN4O4/c1-28-22(18-5-3-4-6-21(18)29(31)32)14-20(27-28)15-7-10-17(11-8-15)26-24(30)19-13-16(25)9-12-23(19)33-2/h3-13,22H,14H2,1-2H3,(H,26,30). The molecule has 0 bridgehead atoms. The van der Waals surface area contributed by atoms with E-state index in [9.17, 15) is 14.9 Å². The number of ether oxygens (including phenoxy) is 1. The number of carbonyl (C=O) groups excluding carboxylic acids is 1. The number of hydrazone groups is 1. The molecule has 4 rings (SSSR count). The van der Waals surface area contributed by atoms with Crippen LogP contribution in [0.1, 0.15) is 33.9 Å². The quantitative estimate of drug-likeness (QED) is 0.395. The first-order chi connectivity index (χ1) is 15.9. The van der Waals surface area contributed by atoms with Gasteiger partial charge in [0.25, 0.3) is 11.6 Å². The highest BCUT2D eigenvalue weighted by atomic mass is 35.5. The summed E-state index contributed by atoms with van der Waals surface area (Å²) in [5.74, 6) is 0.0920. The van der Waals surface area contributed by atoms with Gasteiger partial charge < -0.3 is 10.1 Å². The molecule has 0 fully saturated rings. The zero-order valence-electron chi connectivity index (χ0n) is 18.0. The van der Waals surface area contributed by atoms with Gasteiger partial charge in [0.2, 0.25) is 0 Å². The molecule has 33 heavy (non-hydrogen) atoms. The molecule has 0 spiro atoms. The molecule has 1 unspecified atom stereocenters. The Balaban J connectivity index is 1.49. The van der Waals surface area contributed by atoms with Crippen LogP contribution in [0.4, 0.5) is 11.4 Å². The van der Waals surface area contributed by atoms with E-state index in [0.717, 1.165) is 11.3 Å². The summed E-state index contributed by atoms with van der Waals surface area (Å²) in [4.78, 5) is 23.7. The molecule has 0 aliphatic carbocycles. The van der Waals surface area contributed by atoms with Gasteiger partial charge in [0, 0.05) is 30.2 Å². The number of nitro benzene ring substituents is 1. The molecular formula is C24H21ClN4O4. The molecule has 8 nitrogen and oxygen atoms in total. The summed E-state index contributed by atoms with van der Waals surface area (Å²) in [6.45, 7) is 0. The first kappa shape index (κ1) is 22.3. The Bertz CT molecular complexity index is 1240. The van der Waals surface area contributed by atoms with E-state index in [2.05, 4.69) is 10.4 Å². The first-order valence-electron chi connectivity index (χ1n) is 10.2. The highest BCUT2D eigenvalue weighted by molar-refractivity contribution is 6.31. The van der Waals surface area contributed by atoms with E-state index < -0.39 is 0 Å². The molecule has 3 aromatic rings. The number of nitro groups is 1. The number of rotatable bonds is 6. The van der Waals surface area contributed by atoms with Crippen molar-refractivity contribution in [2.45, 2.75) is 12.5 Å². The summed E-state index contributed by atoms with van der Waals surface area (Å²) < 4.78 is 5.24. The monoisotopic (exact) mass is 464 g/mol. The van der Waals surface area contributed by atoms with E-state index in [1.807, 2.05) is 12.1 Å². The molecule has 0 saturated carbocycles. The van der Waals surface area contributed by atoms with E-state index >= 15 is 0 Å². The van der Waals surface area contributed by atoms with E-state index in [4.69, 9.17) is 16.3 Å². The third kappa shape index (κ3) is 4.65. The fourth-order valence-electron chi connectivity index (χ4n) is 3.84. The molecule has 1 amide bonds. The maximum absolute atomic E-state index is 12.7. The first-order valence-corrected chi connectivity index (χ1v) is 10.5. The topological polar surface area (TPSA) is 97.1 Å². The Morgan fingerprint density at radius 2 is 1.91 bits per heavy atom. The highest BCUT2D eigenvalue weighted by Crippen LogP contribution is 2.36. The van der Waals surface area contributed by atoms with Gasteiger partial charge in [0.1, 0.15) is 5.75 Å². The minimum absolute atomic E-state index is 0.0836. The Morgan fingerprint density at radius 3 is 2.61 bits per heavy atom. The number of benzene rings is 3. The molecule has 0 aromatic heterocycles. The van der Waals surface area contributed by atoms with Gasteiger partial charge in [0.05, 0.1) is 34.9 Å². The highest BCUT2D eigenvalue weighted by Gasteiger charge is 2.31. The molecule has 1 atom stereocenters. The Hall–Kier alpha value is -3.91. The SMILES string of the molecule is COc1ccc(Cl)cc1C(=O)Nc1ccc(C2=NN(C)C(c3ccccc3[N+](=O)[O-])C2)cc1. The molecule has 9 heteroatoms. The minimum Gasteiger partial charge on any atom is -0.496 e. The summed E-state index contributed by atoms with van der Waals surface area (Å²) in [6, 6.07) is 18.6. The summed E-state index contributed by atoms with van der Waals surface area (Å²) in [5, 5.41) is 21.0. The van der Waals surface area contributed by atoms with Gasteiger partial charge in [-0.2, -0.15) is 5.10 Å². The molecule has 1 N–H and O–H groups in total. The van der Waals surface area contributed by atoms with Gasteiger partial charge in [-0.25, -0.2) is 0 Å². The number of anilines is 1. The van der Waals surface area contributed by atoms with Crippen LogP contribution in [0.5, 0.6) is 5.75 Å². The number of hydrogen-bond donors (Lipinski definition) is 1. The second kappa shape index (κ2) is 9.30. The van der Waals surface area contributed by atoms with Gasteiger partial charge in [-0.05, 0) is 42.0 Å². The van der Waals surface area contributed by atoms with Crippen LogP contribution in [0.2, 0.25) is 5.02 Å². The van der Waals surface area contributed by atoms with Crippen LogP contribution in [0.3, 0.4) is 0 Å². The number of amides is 1. The number of hydrogen-bond acceptors (Lipinski definition) is 6. The minimum atomic E-state index is -0.368. The third-order valence-corrected chi connectivity index (χ3v) is 5.73. The molecule has 0 saturated heterocycles. The van der Waals surface area contributed by atoms with Crippen LogP contribution in [0.25, 0.3) is 0 Å². The fourth-order valence-corrected chi connectivity index (χ4v) is 4.01. The van der Waals surface area contributed by atoms with Crippen molar-refractivity contribution in [3.63, 3.8) is 0 Å². The van der Waals surface area contributed by atoms with Crippen molar-refractivity contribution >= 4 is 34.6 Å². The van der Waals surface area contributed by atoms with E-state index in [1.165, 1.54) is 13.2 Å². The van der Waals surface area contributed by atoms with Crippen LogP contribution in [0.15, 0.2) is 71.8 Å². The van der Waals surface area contributed by atoms with Gasteiger partial charge in [-0.1, -0.05) is 35.9 Å².